The summed E-state index contributed by atoms with van der Waals surface area (Å²) in [5, 5.41) is 2.60. The van der Waals surface area contributed by atoms with Crippen LogP contribution in [0.2, 0.25) is 5.02 Å². The van der Waals surface area contributed by atoms with E-state index in [0.29, 0.717) is 12.8 Å². The van der Waals surface area contributed by atoms with E-state index < -0.39 is 23.8 Å². The number of rotatable bonds is 6. The molecule has 21 heavy (non-hydrogen) atoms. The number of unbranched alkanes of at least 4 members (excludes halogenated alkanes) is 1. The molecule has 0 aliphatic rings. The van der Waals surface area contributed by atoms with Gasteiger partial charge in [0.2, 0.25) is 0 Å². The number of nitrogens with one attached hydrogen (secondary N) is 1. The van der Waals surface area contributed by atoms with Crippen molar-refractivity contribution in [1.29, 1.82) is 0 Å². The molecule has 0 spiro atoms. The van der Waals surface area contributed by atoms with Crippen molar-refractivity contribution >= 4 is 23.3 Å². The van der Waals surface area contributed by atoms with Crippen molar-refractivity contribution in [2.24, 2.45) is 0 Å². The Kier molecular flexibility index (Phi) is 6.33. The summed E-state index contributed by atoms with van der Waals surface area (Å²) in [4.78, 5) is 11.7. The number of methoxy groups -OCH3 is 1. The van der Waals surface area contributed by atoms with E-state index in [0.717, 1.165) is 12.5 Å². The first-order chi connectivity index (χ1) is 9.79. The Morgan fingerprint density at radius 1 is 1.43 bits per heavy atom. The van der Waals surface area contributed by atoms with Crippen LogP contribution in [0.15, 0.2) is 18.2 Å². The molecule has 0 radical (unpaired) electrons. The van der Waals surface area contributed by atoms with Gasteiger partial charge in [0.1, 0.15) is 6.04 Å². The van der Waals surface area contributed by atoms with Gasteiger partial charge in [-0.2, -0.15) is 13.2 Å². The van der Waals surface area contributed by atoms with E-state index in [-0.39, 0.29) is 10.7 Å². The van der Waals surface area contributed by atoms with E-state index in [2.05, 4.69) is 10.1 Å². The van der Waals surface area contributed by atoms with Crippen LogP contribution in [0.4, 0.5) is 18.9 Å². The standard InChI is InChI=1S/C14H17ClF3NO2/c1-3-4-5-12(13(20)21-2)19-11-7-6-9(15)8-10(11)14(16,17)18/h6-8,12,19H,3-5H2,1-2H3. The molecule has 0 amide bonds. The first-order valence-electron chi connectivity index (χ1n) is 6.50. The lowest BCUT2D eigenvalue weighted by Crippen LogP contribution is -2.31. The molecule has 1 unspecified atom stereocenters. The van der Waals surface area contributed by atoms with Gasteiger partial charge >= 0.3 is 12.1 Å². The molecule has 0 saturated carbocycles. The van der Waals surface area contributed by atoms with Crippen LogP contribution < -0.4 is 5.32 Å². The van der Waals surface area contributed by atoms with Gasteiger partial charge in [-0.25, -0.2) is 4.79 Å². The van der Waals surface area contributed by atoms with Crippen molar-refractivity contribution in [3.8, 4) is 0 Å². The average Bonchev–Trinajstić information content (AvgIpc) is 2.42. The Bertz CT molecular complexity index is 492. The van der Waals surface area contributed by atoms with Gasteiger partial charge in [-0.3, -0.25) is 0 Å². The molecule has 1 N–H and O–H groups in total. The Morgan fingerprint density at radius 3 is 2.62 bits per heavy atom. The van der Waals surface area contributed by atoms with E-state index in [1.807, 2.05) is 6.92 Å². The molecular formula is C14H17ClF3NO2. The summed E-state index contributed by atoms with van der Waals surface area (Å²) >= 11 is 5.61. The minimum Gasteiger partial charge on any atom is -0.467 e. The Labute approximate surface area is 126 Å². The van der Waals surface area contributed by atoms with E-state index in [1.165, 1.54) is 19.2 Å². The van der Waals surface area contributed by atoms with Crippen molar-refractivity contribution in [2.75, 3.05) is 12.4 Å². The minimum atomic E-state index is -4.56. The maximum atomic E-state index is 13.0. The highest BCUT2D eigenvalue weighted by Gasteiger charge is 2.34. The molecule has 7 heteroatoms. The molecule has 0 heterocycles. The molecule has 118 valence electrons. The largest absolute Gasteiger partial charge is 0.467 e. The lowest BCUT2D eigenvalue weighted by atomic mass is 10.1. The van der Waals surface area contributed by atoms with Gasteiger partial charge < -0.3 is 10.1 Å². The molecule has 0 aliphatic carbocycles. The highest BCUT2D eigenvalue weighted by Crippen LogP contribution is 2.37. The third kappa shape index (κ3) is 5.12. The number of hydrogen-bond acceptors (Lipinski definition) is 3. The number of alkyl halides is 3. The Morgan fingerprint density at radius 2 is 2.10 bits per heavy atom. The summed E-state index contributed by atoms with van der Waals surface area (Å²) in [6.07, 6.45) is -2.65. The highest BCUT2D eigenvalue weighted by molar-refractivity contribution is 6.30. The maximum absolute atomic E-state index is 13.0. The summed E-state index contributed by atoms with van der Waals surface area (Å²) in [6, 6.07) is 2.57. The van der Waals surface area contributed by atoms with Gasteiger partial charge in [-0.1, -0.05) is 31.4 Å². The van der Waals surface area contributed by atoms with Gasteiger partial charge in [0.25, 0.3) is 0 Å². The van der Waals surface area contributed by atoms with Crippen LogP contribution in [0.5, 0.6) is 0 Å². The third-order valence-corrected chi connectivity index (χ3v) is 3.18. The molecule has 0 fully saturated rings. The van der Waals surface area contributed by atoms with Crippen LogP contribution in [-0.2, 0) is 15.7 Å². The monoisotopic (exact) mass is 323 g/mol. The molecule has 3 nitrogen and oxygen atoms in total. The van der Waals surface area contributed by atoms with Crippen LogP contribution in [0.25, 0.3) is 0 Å². The van der Waals surface area contributed by atoms with Crippen molar-refractivity contribution in [3.05, 3.63) is 28.8 Å². The van der Waals surface area contributed by atoms with Gasteiger partial charge in [0.15, 0.2) is 0 Å². The molecule has 1 atom stereocenters. The fourth-order valence-electron chi connectivity index (χ4n) is 1.86. The van der Waals surface area contributed by atoms with Gasteiger partial charge in [0.05, 0.1) is 12.7 Å². The second-order valence-corrected chi connectivity index (χ2v) is 4.99. The van der Waals surface area contributed by atoms with Gasteiger partial charge in [0, 0.05) is 10.7 Å². The predicted octanol–water partition coefficient (Wildman–Crippen LogP) is 4.50. The van der Waals surface area contributed by atoms with Gasteiger partial charge in [-0.15, -0.1) is 0 Å². The average molecular weight is 324 g/mol. The fraction of sp³-hybridized carbons (Fsp3) is 0.500. The number of carbonyl (C=O) groups excluding carboxylic acids is 1. The summed E-state index contributed by atoms with van der Waals surface area (Å²) in [6.45, 7) is 1.93. The van der Waals surface area contributed by atoms with E-state index in [4.69, 9.17) is 11.6 Å². The number of ether oxygens (including phenoxy) is 1. The molecule has 1 aromatic rings. The lowest BCUT2D eigenvalue weighted by Gasteiger charge is -2.20. The fourth-order valence-corrected chi connectivity index (χ4v) is 2.04. The summed E-state index contributed by atoms with van der Waals surface area (Å²) in [7, 11) is 1.20. The molecule has 1 rings (SSSR count). The summed E-state index contributed by atoms with van der Waals surface area (Å²) < 4.78 is 43.6. The van der Waals surface area contributed by atoms with Gasteiger partial charge in [-0.05, 0) is 24.6 Å². The van der Waals surface area contributed by atoms with E-state index >= 15 is 0 Å². The van der Waals surface area contributed by atoms with Crippen LogP contribution in [-0.4, -0.2) is 19.1 Å². The lowest BCUT2D eigenvalue weighted by molar-refractivity contribution is -0.142. The molecular weight excluding hydrogens is 307 g/mol. The smallest absolute Gasteiger partial charge is 0.418 e. The number of carbonyl (C=O) groups is 1. The minimum absolute atomic E-state index is 0.0175. The second kappa shape index (κ2) is 7.54. The van der Waals surface area contributed by atoms with Crippen LogP contribution >= 0.6 is 11.6 Å². The first kappa shape index (κ1) is 17.6. The maximum Gasteiger partial charge on any atom is 0.418 e. The SMILES string of the molecule is CCCCC(Nc1ccc(Cl)cc1C(F)(F)F)C(=O)OC. The first-order valence-corrected chi connectivity index (χ1v) is 6.88. The number of halogens is 4. The van der Waals surface area contributed by atoms with Crippen molar-refractivity contribution in [3.63, 3.8) is 0 Å². The normalized spacial score (nSPS) is 12.9. The highest BCUT2D eigenvalue weighted by atomic mass is 35.5. The zero-order valence-corrected chi connectivity index (χ0v) is 12.5. The van der Waals surface area contributed by atoms with E-state index in [9.17, 15) is 18.0 Å². The second-order valence-electron chi connectivity index (χ2n) is 4.55. The number of esters is 1. The van der Waals surface area contributed by atoms with E-state index in [1.54, 1.807) is 0 Å². The number of hydrogen-bond donors (Lipinski definition) is 1. The van der Waals surface area contributed by atoms with Crippen molar-refractivity contribution in [2.45, 2.75) is 38.4 Å². The van der Waals surface area contributed by atoms with Crippen LogP contribution in [0, 0.1) is 0 Å². The molecule has 0 aromatic heterocycles. The zero-order valence-electron chi connectivity index (χ0n) is 11.8. The molecule has 0 bridgehead atoms. The summed E-state index contributed by atoms with van der Waals surface area (Å²) in [5.74, 6) is -0.591. The van der Waals surface area contributed by atoms with Crippen LogP contribution in [0.1, 0.15) is 31.7 Å². The zero-order chi connectivity index (χ0) is 16.0. The quantitative estimate of drug-likeness (QED) is 0.783. The predicted molar refractivity (Wildman–Crippen MR) is 75.4 cm³/mol. The Balaban J connectivity index is 3.05. The van der Waals surface area contributed by atoms with Crippen molar-refractivity contribution < 1.29 is 22.7 Å². The Hall–Kier alpha value is -1.43. The molecule has 0 saturated heterocycles. The number of anilines is 1. The third-order valence-electron chi connectivity index (χ3n) is 2.95. The summed E-state index contributed by atoms with van der Waals surface area (Å²) in [5.41, 5.74) is -1.08. The number of benzene rings is 1. The molecule has 1 aromatic carbocycles. The van der Waals surface area contributed by atoms with Crippen LogP contribution in [0.3, 0.4) is 0 Å². The van der Waals surface area contributed by atoms with Crippen molar-refractivity contribution in [1.82, 2.24) is 0 Å². The molecule has 0 aliphatic heterocycles. The topological polar surface area (TPSA) is 38.3 Å².